The summed E-state index contributed by atoms with van der Waals surface area (Å²) in [5.74, 6) is 0. The predicted octanol–water partition coefficient (Wildman–Crippen LogP) is 3.54. The number of halogens is 3. The molecule has 0 aliphatic heterocycles. The molecule has 0 unspecified atom stereocenters. The monoisotopic (exact) mass is 268 g/mol. The van der Waals surface area contributed by atoms with Gasteiger partial charge in [0.05, 0.1) is 5.56 Å². The molecular weight excluding hydrogens is 253 g/mol. The predicted molar refractivity (Wildman–Crippen MR) is 68.7 cm³/mol. The molecule has 0 radical (unpaired) electrons. The molecule has 1 aromatic heterocycles. The summed E-state index contributed by atoms with van der Waals surface area (Å²) in [6.07, 6.45) is -0.573. The van der Waals surface area contributed by atoms with Gasteiger partial charge in [-0.2, -0.15) is 13.2 Å². The van der Waals surface area contributed by atoms with Crippen LogP contribution in [0.5, 0.6) is 0 Å². The minimum absolute atomic E-state index is 0.216. The molecule has 1 heterocycles. The largest absolute Gasteiger partial charge is 0.417 e. The second-order valence-electron chi connectivity index (χ2n) is 4.40. The van der Waals surface area contributed by atoms with Crippen molar-refractivity contribution in [1.82, 2.24) is 4.98 Å². The zero-order valence-electron chi connectivity index (χ0n) is 10.4. The summed E-state index contributed by atoms with van der Waals surface area (Å²) in [5, 5.41) is 0.794. The molecule has 0 saturated heterocycles. The maximum absolute atomic E-state index is 12.9. The van der Waals surface area contributed by atoms with Crippen molar-refractivity contribution in [3.8, 4) is 0 Å². The quantitative estimate of drug-likeness (QED) is 0.861. The highest BCUT2D eigenvalue weighted by Gasteiger charge is 2.32. The average molecular weight is 268 g/mol. The van der Waals surface area contributed by atoms with Gasteiger partial charge in [0, 0.05) is 17.3 Å². The van der Waals surface area contributed by atoms with Gasteiger partial charge in [-0.05, 0) is 43.3 Å². The Bertz CT molecular complexity index is 564. The van der Waals surface area contributed by atoms with E-state index in [1.165, 1.54) is 18.3 Å². The molecule has 102 valence electrons. The summed E-state index contributed by atoms with van der Waals surface area (Å²) in [6, 6.07) is 5.64. The van der Waals surface area contributed by atoms with Crippen LogP contribution in [0.4, 0.5) is 13.2 Å². The summed E-state index contributed by atoms with van der Waals surface area (Å²) in [5.41, 5.74) is 5.52. The van der Waals surface area contributed by atoms with E-state index in [9.17, 15) is 13.2 Å². The Morgan fingerprint density at radius 3 is 2.53 bits per heavy atom. The molecule has 0 aliphatic carbocycles. The Morgan fingerprint density at radius 2 is 1.84 bits per heavy atom. The Balaban J connectivity index is 2.46. The molecule has 2 N–H and O–H groups in total. The third-order valence-corrected chi connectivity index (χ3v) is 3.06. The number of nitrogens with two attached hydrogens (primary N) is 1. The van der Waals surface area contributed by atoms with Crippen molar-refractivity contribution in [1.29, 1.82) is 0 Å². The van der Waals surface area contributed by atoms with Gasteiger partial charge in [0.2, 0.25) is 0 Å². The van der Waals surface area contributed by atoms with Crippen LogP contribution in [0.3, 0.4) is 0 Å². The van der Waals surface area contributed by atoms with Crippen LogP contribution in [0.1, 0.15) is 24.1 Å². The SMILES string of the molecule is NCCCCc1nccc2c(C(F)(F)F)cccc12. The van der Waals surface area contributed by atoms with Gasteiger partial charge in [-0.1, -0.05) is 12.1 Å². The summed E-state index contributed by atoms with van der Waals surface area (Å²) in [7, 11) is 0. The van der Waals surface area contributed by atoms with E-state index in [1.807, 2.05) is 0 Å². The third kappa shape index (κ3) is 3.04. The fourth-order valence-electron chi connectivity index (χ4n) is 2.15. The number of rotatable bonds is 4. The Morgan fingerprint density at radius 1 is 1.05 bits per heavy atom. The van der Waals surface area contributed by atoms with E-state index in [2.05, 4.69) is 4.98 Å². The molecule has 2 rings (SSSR count). The first-order valence-electron chi connectivity index (χ1n) is 6.18. The molecule has 5 heteroatoms. The van der Waals surface area contributed by atoms with E-state index in [0.717, 1.165) is 18.9 Å². The molecule has 2 nitrogen and oxygen atoms in total. The van der Waals surface area contributed by atoms with Gasteiger partial charge in [0.25, 0.3) is 0 Å². The molecule has 0 bridgehead atoms. The van der Waals surface area contributed by atoms with Crippen LogP contribution in [0.15, 0.2) is 30.5 Å². The molecular formula is C14H15F3N2. The standard InChI is InChI=1S/C14H15F3N2/c15-14(16,17)12-5-3-4-11-10(12)7-9-19-13(11)6-1-2-8-18/h3-5,7,9H,1-2,6,8,18H2. The summed E-state index contributed by atoms with van der Waals surface area (Å²) < 4.78 is 38.8. The van der Waals surface area contributed by atoms with Crippen LogP contribution < -0.4 is 5.73 Å². The Kier molecular flexibility index (Phi) is 4.04. The zero-order valence-corrected chi connectivity index (χ0v) is 10.4. The van der Waals surface area contributed by atoms with Gasteiger partial charge in [-0.15, -0.1) is 0 Å². The minimum Gasteiger partial charge on any atom is -0.330 e. The van der Waals surface area contributed by atoms with Crippen molar-refractivity contribution in [2.75, 3.05) is 6.54 Å². The van der Waals surface area contributed by atoms with Crippen LogP contribution in [0.25, 0.3) is 10.8 Å². The summed E-state index contributed by atoms with van der Waals surface area (Å²) in [4.78, 5) is 4.19. The van der Waals surface area contributed by atoms with Crippen LogP contribution >= 0.6 is 0 Å². The Labute approximate surface area is 109 Å². The van der Waals surface area contributed by atoms with E-state index in [1.54, 1.807) is 6.07 Å². The molecule has 19 heavy (non-hydrogen) atoms. The second-order valence-corrected chi connectivity index (χ2v) is 4.40. The summed E-state index contributed by atoms with van der Waals surface area (Å²) >= 11 is 0. The maximum atomic E-state index is 12.9. The highest BCUT2D eigenvalue weighted by atomic mass is 19.4. The van der Waals surface area contributed by atoms with Gasteiger partial charge in [0.15, 0.2) is 0 Å². The normalized spacial score (nSPS) is 12.0. The second kappa shape index (κ2) is 5.57. The number of hydrogen-bond acceptors (Lipinski definition) is 2. The van der Waals surface area contributed by atoms with E-state index >= 15 is 0 Å². The third-order valence-electron chi connectivity index (χ3n) is 3.06. The van der Waals surface area contributed by atoms with Crippen molar-refractivity contribution in [3.05, 3.63) is 41.7 Å². The van der Waals surface area contributed by atoms with Crippen molar-refractivity contribution in [3.63, 3.8) is 0 Å². The van der Waals surface area contributed by atoms with Crippen molar-refractivity contribution in [2.45, 2.75) is 25.4 Å². The number of aryl methyl sites for hydroxylation is 1. The first-order valence-corrected chi connectivity index (χ1v) is 6.18. The molecule has 0 saturated carbocycles. The number of pyridine rings is 1. The molecule has 0 aliphatic rings. The molecule has 0 spiro atoms. The maximum Gasteiger partial charge on any atom is 0.417 e. The topological polar surface area (TPSA) is 38.9 Å². The molecule has 0 atom stereocenters. The fraction of sp³-hybridized carbons (Fsp3) is 0.357. The van der Waals surface area contributed by atoms with Crippen molar-refractivity contribution >= 4 is 10.8 Å². The van der Waals surface area contributed by atoms with Crippen LogP contribution in [-0.2, 0) is 12.6 Å². The highest BCUT2D eigenvalue weighted by molar-refractivity contribution is 5.87. The number of unbranched alkanes of at least 4 members (excludes halogenated alkanes) is 1. The number of alkyl halides is 3. The summed E-state index contributed by atoms with van der Waals surface area (Å²) in [6.45, 7) is 0.582. The van der Waals surface area contributed by atoms with Crippen molar-refractivity contribution < 1.29 is 13.2 Å². The lowest BCUT2D eigenvalue weighted by atomic mass is 10.0. The van der Waals surface area contributed by atoms with Gasteiger partial charge in [-0.25, -0.2) is 0 Å². The van der Waals surface area contributed by atoms with Crippen LogP contribution in [0.2, 0.25) is 0 Å². The van der Waals surface area contributed by atoms with E-state index in [0.29, 0.717) is 24.0 Å². The van der Waals surface area contributed by atoms with Crippen molar-refractivity contribution in [2.24, 2.45) is 5.73 Å². The van der Waals surface area contributed by atoms with Crippen LogP contribution in [-0.4, -0.2) is 11.5 Å². The molecule has 0 amide bonds. The molecule has 0 fully saturated rings. The number of benzene rings is 1. The van der Waals surface area contributed by atoms with Gasteiger partial charge >= 0.3 is 6.18 Å². The van der Waals surface area contributed by atoms with Crippen LogP contribution in [0, 0.1) is 0 Å². The van der Waals surface area contributed by atoms with Gasteiger partial charge in [0.1, 0.15) is 0 Å². The Hall–Kier alpha value is -1.62. The van der Waals surface area contributed by atoms with E-state index in [4.69, 9.17) is 5.73 Å². The highest BCUT2D eigenvalue weighted by Crippen LogP contribution is 2.35. The molecule has 1 aromatic carbocycles. The zero-order chi connectivity index (χ0) is 13.9. The minimum atomic E-state index is -4.34. The average Bonchev–Trinajstić information content (AvgIpc) is 2.37. The number of hydrogen-bond donors (Lipinski definition) is 1. The number of aromatic nitrogens is 1. The van der Waals surface area contributed by atoms with E-state index < -0.39 is 11.7 Å². The lowest BCUT2D eigenvalue weighted by molar-refractivity contribution is -0.136. The first-order chi connectivity index (χ1) is 9.04. The van der Waals surface area contributed by atoms with E-state index in [-0.39, 0.29) is 5.39 Å². The smallest absolute Gasteiger partial charge is 0.330 e. The lowest BCUT2D eigenvalue weighted by Gasteiger charge is -2.12. The number of nitrogens with zero attached hydrogens (tertiary/aromatic N) is 1. The fourth-order valence-corrected chi connectivity index (χ4v) is 2.15. The van der Waals surface area contributed by atoms with Gasteiger partial charge < -0.3 is 5.73 Å². The first kappa shape index (κ1) is 13.8. The number of fused-ring (bicyclic) bond motifs is 1. The lowest BCUT2D eigenvalue weighted by Crippen LogP contribution is -2.06. The molecule has 2 aromatic rings. The van der Waals surface area contributed by atoms with Gasteiger partial charge in [-0.3, -0.25) is 4.98 Å².